The minimum Gasteiger partial charge on any atom is -0.304 e. The van der Waals surface area contributed by atoms with Gasteiger partial charge in [-0.05, 0) is 48.6 Å². The van der Waals surface area contributed by atoms with Crippen molar-refractivity contribution in [1.82, 2.24) is 5.32 Å². The topological polar surface area (TPSA) is 12.0 Å². The van der Waals surface area contributed by atoms with E-state index in [1.54, 1.807) is 11.3 Å². The molecule has 0 saturated heterocycles. The summed E-state index contributed by atoms with van der Waals surface area (Å²) in [6.07, 6.45) is 0. The maximum Gasteiger partial charge on any atom is 0.0931 e. The predicted octanol–water partition coefficient (Wildman–Crippen LogP) is 5.58. The van der Waals surface area contributed by atoms with Gasteiger partial charge in [0, 0.05) is 16.6 Å². The summed E-state index contributed by atoms with van der Waals surface area (Å²) < 4.78 is 1.95. The Balaban J connectivity index is 2.05. The molecule has 1 N–H and O–H groups in total. The minimum atomic E-state index is 0.294. The number of rotatable bonds is 4. The van der Waals surface area contributed by atoms with Crippen molar-refractivity contribution in [1.29, 1.82) is 0 Å². The van der Waals surface area contributed by atoms with Crippen LogP contribution in [-0.2, 0) is 0 Å². The van der Waals surface area contributed by atoms with Gasteiger partial charge in [-0.25, -0.2) is 0 Å². The van der Waals surface area contributed by atoms with Gasteiger partial charge in [0.2, 0.25) is 0 Å². The van der Waals surface area contributed by atoms with E-state index in [9.17, 15) is 0 Å². The van der Waals surface area contributed by atoms with E-state index >= 15 is 0 Å². The maximum absolute atomic E-state index is 5.96. The molecule has 4 heteroatoms. The van der Waals surface area contributed by atoms with E-state index in [0.29, 0.717) is 12.1 Å². The lowest BCUT2D eigenvalue weighted by atomic mass is 10.1. The van der Waals surface area contributed by atoms with E-state index in [4.69, 9.17) is 11.6 Å². The number of benzene rings is 1. The molecule has 1 aromatic heterocycles. The first kappa shape index (κ1) is 14.1. The molecule has 0 saturated carbocycles. The Morgan fingerprint density at radius 3 is 2.50 bits per heavy atom. The van der Waals surface area contributed by atoms with Crippen molar-refractivity contribution in [3.8, 4) is 0 Å². The summed E-state index contributed by atoms with van der Waals surface area (Å²) in [5.74, 6) is 0. The highest BCUT2D eigenvalue weighted by molar-refractivity contribution is 9.10. The van der Waals surface area contributed by atoms with E-state index in [1.807, 2.05) is 12.1 Å². The maximum atomic E-state index is 5.96. The Morgan fingerprint density at radius 1 is 1.17 bits per heavy atom. The first-order valence-electron chi connectivity index (χ1n) is 5.81. The third-order valence-electron chi connectivity index (χ3n) is 2.94. The molecule has 0 fully saturated rings. The molecule has 0 aliphatic rings. The fraction of sp³-hybridized carbons (Fsp3) is 0.286. The molecule has 0 bridgehead atoms. The van der Waals surface area contributed by atoms with Gasteiger partial charge in [0.05, 0.1) is 4.34 Å². The summed E-state index contributed by atoms with van der Waals surface area (Å²) in [6, 6.07) is 11.0. The second kappa shape index (κ2) is 6.20. The van der Waals surface area contributed by atoms with Crippen LogP contribution in [0.1, 0.15) is 37.1 Å². The van der Waals surface area contributed by atoms with Gasteiger partial charge in [-0.1, -0.05) is 39.7 Å². The molecule has 18 heavy (non-hydrogen) atoms. The fourth-order valence-electron chi connectivity index (χ4n) is 1.89. The van der Waals surface area contributed by atoms with Crippen LogP contribution in [0.5, 0.6) is 0 Å². The Kier molecular flexibility index (Phi) is 4.84. The summed E-state index contributed by atoms with van der Waals surface area (Å²) in [5.41, 5.74) is 2.52. The van der Waals surface area contributed by atoms with E-state index in [1.165, 1.54) is 11.1 Å². The van der Waals surface area contributed by atoms with Gasteiger partial charge in [-0.3, -0.25) is 0 Å². The molecule has 96 valence electrons. The average Bonchev–Trinajstić information content (AvgIpc) is 2.76. The number of halogens is 2. The third kappa shape index (κ3) is 3.58. The molecule has 0 radical (unpaired) electrons. The molecule has 0 spiro atoms. The summed E-state index contributed by atoms with van der Waals surface area (Å²) >= 11 is 11.0. The van der Waals surface area contributed by atoms with Gasteiger partial charge in [0.25, 0.3) is 0 Å². The Bertz CT molecular complexity index is 526. The van der Waals surface area contributed by atoms with Crippen LogP contribution >= 0.6 is 38.9 Å². The lowest BCUT2D eigenvalue weighted by molar-refractivity contribution is 0.495. The van der Waals surface area contributed by atoms with Crippen molar-refractivity contribution in [3.63, 3.8) is 0 Å². The molecule has 0 aliphatic carbocycles. The van der Waals surface area contributed by atoms with Crippen LogP contribution in [0.2, 0.25) is 4.34 Å². The standard InChI is InChI=1S/C14H15BrClNS/c1-9(11-4-3-5-13(15)6-11)17-10(2)12-7-14(16)18-8-12/h3-10,17H,1-2H3/t9-,10?/m0/s1. The molecular weight excluding hydrogens is 330 g/mol. The minimum absolute atomic E-state index is 0.294. The highest BCUT2D eigenvalue weighted by Gasteiger charge is 2.12. The van der Waals surface area contributed by atoms with Crippen LogP contribution in [0, 0.1) is 0 Å². The quantitative estimate of drug-likeness (QED) is 0.764. The largest absolute Gasteiger partial charge is 0.304 e. The highest BCUT2D eigenvalue weighted by atomic mass is 79.9. The van der Waals surface area contributed by atoms with E-state index in [0.717, 1.165) is 8.81 Å². The Labute approximate surface area is 125 Å². The molecule has 1 unspecified atom stereocenters. The van der Waals surface area contributed by atoms with Crippen LogP contribution in [-0.4, -0.2) is 0 Å². The summed E-state index contributed by atoms with van der Waals surface area (Å²) in [4.78, 5) is 0. The molecule has 2 atom stereocenters. The second-order valence-electron chi connectivity index (χ2n) is 4.35. The van der Waals surface area contributed by atoms with Crippen LogP contribution in [0.25, 0.3) is 0 Å². The van der Waals surface area contributed by atoms with Crippen molar-refractivity contribution in [3.05, 3.63) is 55.6 Å². The van der Waals surface area contributed by atoms with Crippen molar-refractivity contribution in [2.45, 2.75) is 25.9 Å². The fourth-order valence-corrected chi connectivity index (χ4v) is 3.30. The number of nitrogens with one attached hydrogen (secondary N) is 1. The van der Waals surface area contributed by atoms with Gasteiger partial charge >= 0.3 is 0 Å². The monoisotopic (exact) mass is 343 g/mol. The van der Waals surface area contributed by atoms with Crippen molar-refractivity contribution in [2.24, 2.45) is 0 Å². The molecular formula is C14H15BrClNS. The van der Waals surface area contributed by atoms with Gasteiger partial charge in [0.1, 0.15) is 0 Å². The molecule has 0 amide bonds. The Morgan fingerprint density at radius 2 is 1.89 bits per heavy atom. The molecule has 2 aromatic rings. The lowest BCUT2D eigenvalue weighted by Crippen LogP contribution is -2.22. The first-order chi connectivity index (χ1) is 8.56. The second-order valence-corrected chi connectivity index (χ2v) is 6.81. The van der Waals surface area contributed by atoms with E-state index in [-0.39, 0.29) is 0 Å². The van der Waals surface area contributed by atoms with Gasteiger partial charge in [-0.15, -0.1) is 11.3 Å². The predicted molar refractivity (Wildman–Crippen MR) is 83.4 cm³/mol. The third-order valence-corrected chi connectivity index (χ3v) is 4.54. The number of hydrogen-bond donors (Lipinski definition) is 1. The van der Waals surface area contributed by atoms with Gasteiger partial charge in [0.15, 0.2) is 0 Å². The van der Waals surface area contributed by atoms with Crippen molar-refractivity contribution in [2.75, 3.05) is 0 Å². The highest BCUT2D eigenvalue weighted by Crippen LogP contribution is 2.27. The molecule has 1 aromatic carbocycles. The summed E-state index contributed by atoms with van der Waals surface area (Å²) in [7, 11) is 0. The first-order valence-corrected chi connectivity index (χ1v) is 7.87. The molecule has 0 aliphatic heterocycles. The lowest BCUT2D eigenvalue weighted by Gasteiger charge is -2.20. The van der Waals surface area contributed by atoms with Gasteiger partial charge < -0.3 is 5.32 Å². The number of thiophene rings is 1. The smallest absolute Gasteiger partial charge is 0.0931 e. The van der Waals surface area contributed by atoms with E-state index < -0.39 is 0 Å². The van der Waals surface area contributed by atoms with Crippen LogP contribution < -0.4 is 5.32 Å². The molecule has 1 nitrogen and oxygen atoms in total. The molecule has 2 rings (SSSR count). The van der Waals surface area contributed by atoms with Crippen molar-refractivity contribution < 1.29 is 0 Å². The molecule has 1 heterocycles. The van der Waals surface area contributed by atoms with E-state index in [2.05, 4.69) is 58.7 Å². The van der Waals surface area contributed by atoms with Crippen molar-refractivity contribution >= 4 is 38.9 Å². The van der Waals surface area contributed by atoms with Gasteiger partial charge in [-0.2, -0.15) is 0 Å². The summed E-state index contributed by atoms with van der Waals surface area (Å²) in [5, 5.41) is 5.68. The normalized spacial score (nSPS) is 14.4. The van der Waals surface area contributed by atoms with Crippen LogP contribution in [0.15, 0.2) is 40.2 Å². The van der Waals surface area contributed by atoms with Crippen LogP contribution in [0.3, 0.4) is 0 Å². The zero-order valence-electron chi connectivity index (χ0n) is 10.3. The zero-order valence-corrected chi connectivity index (χ0v) is 13.4. The van der Waals surface area contributed by atoms with Crippen LogP contribution in [0.4, 0.5) is 0 Å². The Hall–Kier alpha value is -0.350. The number of hydrogen-bond acceptors (Lipinski definition) is 2. The average molecular weight is 345 g/mol. The zero-order chi connectivity index (χ0) is 13.1. The summed E-state index contributed by atoms with van der Waals surface area (Å²) in [6.45, 7) is 4.33. The SMILES string of the molecule is CC(N[C@@H](C)c1cccc(Br)c1)c1csc(Cl)c1.